The van der Waals surface area contributed by atoms with Crippen LogP contribution in [0.4, 0.5) is 4.39 Å². The summed E-state index contributed by atoms with van der Waals surface area (Å²) in [5.41, 5.74) is 1.40. The van der Waals surface area contributed by atoms with E-state index in [0.717, 1.165) is 5.56 Å². The normalized spacial score (nSPS) is 9.40. The fourth-order valence-corrected chi connectivity index (χ4v) is 0.691. The fourth-order valence-electron chi connectivity index (χ4n) is 0.691. The second-order valence-corrected chi connectivity index (χ2v) is 2.08. The van der Waals surface area contributed by atoms with Crippen molar-refractivity contribution in [2.75, 3.05) is 0 Å². The molecule has 2 heteroatoms. The number of aryl methyl sites for hydroxylation is 1. The third kappa shape index (κ3) is 1.21. The average Bonchev–Trinajstić information content (AvgIpc) is 1.95. The number of halogens is 1. The molecule has 0 atom stereocenters. The molecule has 1 nitrogen and oxygen atoms in total. The molecule has 10 heavy (non-hydrogen) atoms. The summed E-state index contributed by atoms with van der Waals surface area (Å²) in [4.78, 5) is 3.51. The zero-order valence-electron chi connectivity index (χ0n) is 5.76. The van der Waals surface area contributed by atoms with Crippen molar-refractivity contribution in [2.45, 2.75) is 6.92 Å². The molecule has 0 fully saturated rings. The SMILES string of the molecule is C=Cc1cnc(F)c(C)c1. The lowest BCUT2D eigenvalue weighted by Gasteiger charge is -1.95. The molecule has 0 unspecified atom stereocenters. The van der Waals surface area contributed by atoms with Gasteiger partial charge in [-0.1, -0.05) is 12.7 Å². The standard InChI is InChI=1S/C8H8FN/c1-3-7-4-6(2)8(9)10-5-7/h3-5H,1H2,2H3. The molecule has 0 aliphatic carbocycles. The fraction of sp³-hybridized carbons (Fsp3) is 0.125. The second-order valence-electron chi connectivity index (χ2n) is 2.08. The van der Waals surface area contributed by atoms with Gasteiger partial charge in [-0.2, -0.15) is 4.39 Å². The third-order valence-corrected chi connectivity index (χ3v) is 1.27. The lowest BCUT2D eigenvalue weighted by atomic mass is 10.2. The summed E-state index contributed by atoms with van der Waals surface area (Å²) in [6.45, 7) is 5.22. The molecule has 0 spiro atoms. The van der Waals surface area contributed by atoms with E-state index in [4.69, 9.17) is 0 Å². The van der Waals surface area contributed by atoms with E-state index < -0.39 is 5.95 Å². The summed E-state index contributed by atoms with van der Waals surface area (Å²) in [5.74, 6) is -0.411. The zero-order valence-corrected chi connectivity index (χ0v) is 5.76. The van der Waals surface area contributed by atoms with Crippen molar-refractivity contribution < 1.29 is 4.39 Å². The van der Waals surface area contributed by atoms with Crippen LogP contribution >= 0.6 is 0 Å². The lowest BCUT2D eigenvalue weighted by molar-refractivity contribution is 0.574. The van der Waals surface area contributed by atoms with Crippen molar-refractivity contribution in [3.8, 4) is 0 Å². The number of rotatable bonds is 1. The molecule has 0 bridgehead atoms. The van der Waals surface area contributed by atoms with Crippen molar-refractivity contribution in [2.24, 2.45) is 0 Å². The Balaban J connectivity index is 3.16. The van der Waals surface area contributed by atoms with Crippen LogP contribution in [-0.4, -0.2) is 4.98 Å². The molecule has 0 N–H and O–H groups in total. The maximum atomic E-state index is 12.5. The van der Waals surface area contributed by atoms with Crippen LogP contribution in [0.15, 0.2) is 18.8 Å². The predicted octanol–water partition coefficient (Wildman–Crippen LogP) is 2.17. The van der Waals surface area contributed by atoms with E-state index in [1.54, 1.807) is 19.1 Å². The Bertz CT molecular complexity index is 255. The van der Waals surface area contributed by atoms with Gasteiger partial charge in [0.25, 0.3) is 0 Å². The molecule has 52 valence electrons. The first-order valence-corrected chi connectivity index (χ1v) is 2.98. The van der Waals surface area contributed by atoms with Gasteiger partial charge in [-0.3, -0.25) is 0 Å². The highest BCUT2D eigenvalue weighted by atomic mass is 19.1. The molecule has 0 saturated carbocycles. The monoisotopic (exact) mass is 137 g/mol. The quantitative estimate of drug-likeness (QED) is 0.540. The molecule has 0 amide bonds. The molecule has 0 radical (unpaired) electrons. The Morgan fingerprint density at radius 3 is 2.90 bits per heavy atom. The Morgan fingerprint density at radius 2 is 2.40 bits per heavy atom. The van der Waals surface area contributed by atoms with E-state index in [1.807, 2.05) is 0 Å². The summed E-state index contributed by atoms with van der Waals surface area (Å²) >= 11 is 0. The van der Waals surface area contributed by atoms with Gasteiger partial charge >= 0.3 is 0 Å². The Hall–Kier alpha value is -1.18. The zero-order chi connectivity index (χ0) is 7.56. The van der Waals surface area contributed by atoms with Gasteiger partial charge in [0.15, 0.2) is 0 Å². The lowest BCUT2D eigenvalue weighted by Crippen LogP contribution is -1.87. The molecule has 1 aromatic rings. The van der Waals surface area contributed by atoms with Crippen LogP contribution in [0.2, 0.25) is 0 Å². The highest BCUT2D eigenvalue weighted by Gasteiger charge is 1.95. The van der Waals surface area contributed by atoms with Gasteiger partial charge in [-0.05, 0) is 18.6 Å². The summed E-state index contributed by atoms with van der Waals surface area (Å²) in [7, 11) is 0. The Labute approximate surface area is 59.2 Å². The molecule has 1 aromatic heterocycles. The summed E-state index contributed by atoms with van der Waals surface area (Å²) in [5, 5.41) is 0. The van der Waals surface area contributed by atoms with Crippen LogP contribution in [0.1, 0.15) is 11.1 Å². The first-order valence-electron chi connectivity index (χ1n) is 2.98. The Kier molecular flexibility index (Phi) is 1.81. The van der Waals surface area contributed by atoms with Crippen LogP contribution in [0.25, 0.3) is 6.08 Å². The van der Waals surface area contributed by atoms with E-state index in [9.17, 15) is 4.39 Å². The first kappa shape index (κ1) is 6.93. The summed E-state index contributed by atoms with van der Waals surface area (Å²) in [6, 6.07) is 1.70. The molecular weight excluding hydrogens is 129 g/mol. The highest BCUT2D eigenvalue weighted by Crippen LogP contribution is 2.05. The number of hydrogen-bond donors (Lipinski definition) is 0. The van der Waals surface area contributed by atoms with E-state index >= 15 is 0 Å². The van der Waals surface area contributed by atoms with Crippen LogP contribution in [0.3, 0.4) is 0 Å². The van der Waals surface area contributed by atoms with Gasteiger partial charge in [0.1, 0.15) is 0 Å². The minimum atomic E-state index is -0.411. The van der Waals surface area contributed by atoms with Crippen molar-refractivity contribution in [3.05, 3.63) is 35.9 Å². The Morgan fingerprint density at radius 1 is 1.70 bits per heavy atom. The van der Waals surface area contributed by atoms with E-state index in [0.29, 0.717) is 5.56 Å². The van der Waals surface area contributed by atoms with E-state index in [2.05, 4.69) is 11.6 Å². The largest absolute Gasteiger partial charge is 0.227 e. The van der Waals surface area contributed by atoms with Crippen molar-refractivity contribution in [1.82, 2.24) is 4.98 Å². The van der Waals surface area contributed by atoms with Gasteiger partial charge < -0.3 is 0 Å². The molecular formula is C8H8FN. The van der Waals surface area contributed by atoms with E-state index in [1.165, 1.54) is 6.20 Å². The van der Waals surface area contributed by atoms with E-state index in [-0.39, 0.29) is 0 Å². The number of aromatic nitrogens is 1. The molecule has 0 aliphatic rings. The molecule has 1 heterocycles. The van der Waals surface area contributed by atoms with Crippen LogP contribution in [0, 0.1) is 12.9 Å². The molecule has 0 aromatic carbocycles. The van der Waals surface area contributed by atoms with Crippen LogP contribution in [-0.2, 0) is 0 Å². The molecule has 1 rings (SSSR count). The highest BCUT2D eigenvalue weighted by molar-refractivity contribution is 5.45. The number of hydrogen-bond acceptors (Lipinski definition) is 1. The minimum Gasteiger partial charge on any atom is -0.227 e. The first-order chi connectivity index (χ1) is 4.74. The molecule has 0 aliphatic heterocycles. The van der Waals surface area contributed by atoms with Crippen molar-refractivity contribution in [1.29, 1.82) is 0 Å². The minimum absolute atomic E-state index is 0.411. The second kappa shape index (κ2) is 2.60. The average molecular weight is 137 g/mol. The maximum Gasteiger partial charge on any atom is 0.215 e. The maximum absolute atomic E-state index is 12.5. The van der Waals surface area contributed by atoms with Crippen LogP contribution in [0.5, 0.6) is 0 Å². The number of nitrogens with zero attached hydrogens (tertiary/aromatic N) is 1. The smallest absolute Gasteiger partial charge is 0.215 e. The van der Waals surface area contributed by atoms with Crippen molar-refractivity contribution in [3.63, 3.8) is 0 Å². The van der Waals surface area contributed by atoms with Gasteiger partial charge in [0, 0.05) is 11.8 Å². The topological polar surface area (TPSA) is 12.9 Å². The van der Waals surface area contributed by atoms with Gasteiger partial charge in [0.2, 0.25) is 5.95 Å². The van der Waals surface area contributed by atoms with Gasteiger partial charge in [-0.25, -0.2) is 4.98 Å². The predicted molar refractivity (Wildman–Crippen MR) is 39.0 cm³/mol. The van der Waals surface area contributed by atoms with Gasteiger partial charge in [-0.15, -0.1) is 0 Å². The van der Waals surface area contributed by atoms with Crippen molar-refractivity contribution >= 4 is 6.08 Å². The third-order valence-electron chi connectivity index (χ3n) is 1.27. The summed E-state index contributed by atoms with van der Waals surface area (Å²) < 4.78 is 12.5. The number of pyridine rings is 1. The van der Waals surface area contributed by atoms with Crippen LogP contribution < -0.4 is 0 Å². The van der Waals surface area contributed by atoms with Gasteiger partial charge in [0.05, 0.1) is 0 Å². The molecule has 0 saturated heterocycles. The summed E-state index contributed by atoms with van der Waals surface area (Å²) in [6.07, 6.45) is 3.09.